The normalized spacial score (nSPS) is 28.6. The van der Waals surface area contributed by atoms with Crippen molar-refractivity contribution < 1.29 is 13.2 Å². The van der Waals surface area contributed by atoms with Crippen molar-refractivity contribution in [2.45, 2.75) is 70.7 Å². The first-order valence-electron chi connectivity index (χ1n) is 9.51. The summed E-state index contributed by atoms with van der Waals surface area (Å²) in [6, 6.07) is 0.577. The predicted octanol–water partition coefficient (Wildman–Crippen LogP) is 2.72. The number of rotatable bonds is 7. The van der Waals surface area contributed by atoms with Crippen LogP contribution in [0, 0.1) is 10.8 Å². The van der Waals surface area contributed by atoms with Crippen molar-refractivity contribution in [2.75, 3.05) is 26.5 Å². The van der Waals surface area contributed by atoms with E-state index in [4.69, 9.17) is 4.74 Å². The molecular formula is C19H33N3O3S. The Kier molecular flexibility index (Phi) is 5.27. The maximum atomic E-state index is 12.1. The quantitative estimate of drug-likeness (QED) is 0.678. The minimum Gasteiger partial charge on any atom is -0.385 e. The Bertz CT molecular complexity index is 756. The Balaban J connectivity index is 1.83. The van der Waals surface area contributed by atoms with Gasteiger partial charge < -0.3 is 9.30 Å². The Morgan fingerprint density at radius 1 is 1.31 bits per heavy atom. The van der Waals surface area contributed by atoms with E-state index in [1.54, 1.807) is 13.3 Å². The van der Waals surface area contributed by atoms with E-state index in [9.17, 15) is 8.42 Å². The predicted molar refractivity (Wildman–Crippen MR) is 102 cm³/mol. The van der Waals surface area contributed by atoms with Crippen LogP contribution >= 0.6 is 0 Å². The van der Waals surface area contributed by atoms with E-state index in [0.717, 1.165) is 25.2 Å². The molecule has 0 amide bonds. The van der Waals surface area contributed by atoms with Gasteiger partial charge in [-0.2, -0.15) is 0 Å². The summed E-state index contributed by atoms with van der Waals surface area (Å²) in [4.78, 5) is 6.79. The summed E-state index contributed by atoms with van der Waals surface area (Å²) >= 11 is 0. The second-order valence-electron chi connectivity index (χ2n) is 9.42. The summed E-state index contributed by atoms with van der Waals surface area (Å²) in [6.45, 7) is 10.2. The lowest BCUT2D eigenvalue weighted by Crippen LogP contribution is -2.34. The molecule has 6 nitrogen and oxygen atoms in total. The highest BCUT2D eigenvalue weighted by Gasteiger charge is 2.49. The molecule has 2 fully saturated rings. The van der Waals surface area contributed by atoms with Crippen LogP contribution in [0.2, 0.25) is 0 Å². The lowest BCUT2D eigenvalue weighted by Gasteiger charge is -2.40. The zero-order valence-electron chi connectivity index (χ0n) is 16.8. The maximum absolute atomic E-state index is 12.1. The third kappa shape index (κ3) is 4.15. The molecule has 1 aliphatic heterocycles. The number of ether oxygens (including phenoxy) is 1. The number of aromatic nitrogens is 2. The van der Waals surface area contributed by atoms with Crippen LogP contribution in [-0.2, 0) is 27.7 Å². The molecule has 1 aromatic rings. The standard InChI is InChI=1S/C19H33N3O3S/c1-18(2)9-15-10-19(3,13-18)14-21(15)12-16-11-20-17(26(5,23)24)22(16)7-6-8-25-4/h11,15H,6-10,12-14H2,1-5H3/t15-,19-/m1/s1. The molecule has 2 atom stereocenters. The zero-order chi connectivity index (χ0) is 19.2. The van der Waals surface area contributed by atoms with Gasteiger partial charge in [0.15, 0.2) is 0 Å². The molecule has 1 saturated heterocycles. The van der Waals surface area contributed by atoms with Crippen molar-refractivity contribution >= 4 is 9.84 Å². The second kappa shape index (κ2) is 6.91. The molecule has 2 bridgehead atoms. The average molecular weight is 384 g/mol. The molecule has 0 N–H and O–H groups in total. The van der Waals surface area contributed by atoms with Gasteiger partial charge in [-0.25, -0.2) is 13.4 Å². The molecule has 0 aromatic carbocycles. The third-order valence-electron chi connectivity index (χ3n) is 5.85. The number of sulfone groups is 1. The lowest BCUT2D eigenvalue weighted by molar-refractivity contribution is 0.126. The van der Waals surface area contributed by atoms with Crippen molar-refractivity contribution in [3.63, 3.8) is 0 Å². The molecule has 1 aliphatic carbocycles. The Hall–Kier alpha value is -0.920. The molecule has 1 aromatic heterocycles. The van der Waals surface area contributed by atoms with Gasteiger partial charge in [0.2, 0.25) is 15.0 Å². The second-order valence-corrected chi connectivity index (χ2v) is 11.3. The highest BCUT2D eigenvalue weighted by Crippen LogP contribution is 2.52. The lowest BCUT2D eigenvalue weighted by atomic mass is 9.65. The van der Waals surface area contributed by atoms with Crippen LogP contribution in [0.5, 0.6) is 0 Å². The van der Waals surface area contributed by atoms with E-state index >= 15 is 0 Å². The number of hydrogen-bond acceptors (Lipinski definition) is 5. The Morgan fingerprint density at radius 2 is 2.04 bits per heavy atom. The minimum absolute atomic E-state index is 0.178. The molecule has 7 heteroatoms. The van der Waals surface area contributed by atoms with Crippen LogP contribution in [0.1, 0.15) is 52.1 Å². The fraction of sp³-hybridized carbons (Fsp3) is 0.842. The number of fused-ring (bicyclic) bond motifs is 2. The molecule has 2 aliphatic rings. The fourth-order valence-corrected chi connectivity index (χ4v) is 6.24. The van der Waals surface area contributed by atoms with Crippen molar-refractivity contribution in [1.29, 1.82) is 0 Å². The molecule has 1 saturated carbocycles. The van der Waals surface area contributed by atoms with Gasteiger partial charge in [-0.05, 0) is 36.5 Å². The summed E-state index contributed by atoms with van der Waals surface area (Å²) in [6.07, 6.45) is 7.47. The van der Waals surface area contributed by atoms with Crippen LogP contribution in [0.4, 0.5) is 0 Å². The molecule has 3 rings (SSSR count). The number of imidazole rings is 1. The summed E-state index contributed by atoms with van der Waals surface area (Å²) in [5, 5.41) is 0.178. The van der Waals surface area contributed by atoms with Crippen molar-refractivity contribution in [2.24, 2.45) is 10.8 Å². The largest absolute Gasteiger partial charge is 0.385 e. The number of hydrogen-bond donors (Lipinski definition) is 0. The van der Waals surface area contributed by atoms with Gasteiger partial charge in [-0.3, -0.25) is 4.90 Å². The summed E-state index contributed by atoms with van der Waals surface area (Å²) in [5.74, 6) is 0. The highest BCUT2D eigenvalue weighted by molar-refractivity contribution is 7.90. The molecule has 2 heterocycles. The van der Waals surface area contributed by atoms with Crippen LogP contribution in [0.3, 0.4) is 0 Å². The van der Waals surface area contributed by atoms with E-state index in [1.807, 2.05) is 4.57 Å². The third-order valence-corrected chi connectivity index (χ3v) is 6.84. The van der Waals surface area contributed by atoms with Gasteiger partial charge in [0.05, 0.1) is 11.9 Å². The monoisotopic (exact) mass is 383 g/mol. The molecule has 0 unspecified atom stereocenters. The van der Waals surface area contributed by atoms with Crippen LogP contribution in [0.15, 0.2) is 11.4 Å². The van der Waals surface area contributed by atoms with Crippen LogP contribution < -0.4 is 0 Å². The van der Waals surface area contributed by atoms with Gasteiger partial charge in [0, 0.05) is 45.6 Å². The van der Waals surface area contributed by atoms with Crippen LogP contribution in [0.25, 0.3) is 0 Å². The average Bonchev–Trinajstić information content (AvgIpc) is 2.97. The van der Waals surface area contributed by atoms with Crippen molar-refractivity contribution in [3.05, 3.63) is 11.9 Å². The first-order chi connectivity index (χ1) is 12.0. The number of methoxy groups -OCH3 is 1. The molecular weight excluding hydrogens is 350 g/mol. The van der Waals surface area contributed by atoms with Gasteiger partial charge in [0.1, 0.15) is 0 Å². The maximum Gasteiger partial charge on any atom is 0.227 e. The summed E-state index contributed by atoms with van der Waals surface area (Å²) < 4.78 is 31.3. The summed E-state index contributed by atoms with van der Waals surface area (Å²) in [5.41, 5.74) is 1.74. The molecule has 0 spiro atoms. The van der Waals surface area contributed by atoms with Gasteiger partial charge in [-0.15, -0.1) is 0 Å². The van der Waals surface area contributed by atoms with Crippen LogP contribution in [-0.4, -0.2) is 55.4 Å². The molecule has 148 valence electrons. The Labute approximate surface area is 157 Å². The van der Waals surface area contributed by atoms with E-state index in [-0.39, 0.29) is 5.16 Å². The first-order valence-corrected chi connectivity index (χ1v) is 11.4. The highest BCUT2D eigenvalue weighted by atomic mass is 32.2. The number of likely N-dealkylation sites (tertiary alicyclic amines) is 1. The SMILES string of the molecule is COCCCn1c(CN2C[C@]3(C)C[C@H]2CC(C)(C)C3)cnc1S(C)(=O)=O. The topological polar surface area (TPSA) is 64.4 Å². The first kappa shape index (κ1) is 19.8. The van der Waals surface area contributed by atoms with Gasteiger partial charge in [0.25, 0.3) is 0 Å². The van der Waals surface area contributed by atoms with E-state index < -0.39 is 9.84 Å². The van der Waals surface area contributed by atoms with Crippen molar-refractivity contribution in [1.82, 2.24) is 14.5 Å². The van der Waals surface area contributed by atoms with Crippen molar-refractivity contribution in [3.8, 4) is 0 Å². The number of nitrogens with zero attached hydrogens (tertiary/aromatic N) is 3. The minimum atomic E-state index is -3.34. The van der Waals surface area contributed by atoms with E-state index in [0.29, 0.717) is 30.0 Å². The van der Waals surface area contributed by atoms with E-state index in [1.165, 1.54) is 25.5 Å². The van der Waals surface area contributed by atoms with Gasteiger partial charge >= 0.3 is 0 Å². The van der Waals surface area contributed by atoms with E-state index in [2.05, 4.69) is 30.7 Å². The smallest absolute Gasteiger partial charge is 0.227 e. The Morgan fingerprint density at radius 3 is 2.69 bits per heavy atom. The molecule has 26 heavy (non-hydrogen) atoms. The zero-order valence-corrected chi connectivity index (χ0v) is 17.6. The van der Waals surface area contributed by atoms with Gasteiger partial charge in [-0.1, -0.05) is 20.8 Å². The fourth-order valence-electron chi connectivity index (χ4n) is 5.39. The summed E-state index contributed by atoms with van der Waals surface area (Å²) in [7, 11) is -1.67. The molecule has 0 radical (unpaired) electrons.